The van der Waals surface area contributed by atoms with Gasteiger partial charge < -0.3 is 5.11 Å². The highest BCUT2D eigenvalue weighted by Crippen LogP contribution is 2.38. The molecule has 0 aromatic heterocycles. The van der Waals surface area contributed by atoms with Crippen molar-refractivity contribution in [3.05, 3.63) is 28.2 Å². The van der Waals surface area contributed by atoms with Gasteiger partial charge in [-0.1, -0.05) is 15.9 Å². The van der Waals surface area contributed by atoms with E-state index in [0.717, 1.165) is 22.9 Å². The topological polar surface area (TPSA) is 54.4 Å². The first-order valence-electron chi connectivity index (χ1n) is 5.00. The van der Waals surface area contributed by atoms with E-state index in [-0.39, 0.29) is 0 Å². The van der Waals surface area contributed by atoms with E-state index in [9.17, 15) is 13.5 Å². The van der Waals surface area contributed by atoms with Crippen LogP contribution in [0.2, 0.25) is 0 Å². The van der Waals surface area contributed by atoms with Crippen molar-refractivity contribution in [1.29, 1.82) is 0 Å². The summed E-state index contributed by atoms with van der Waals surface area (Å²) in [7, 11) is -3.19. The predicted molar refractivity (Wildman–Crippen MR) is 65.1 cm³/mol. The second-order valence-electron chi connectivity index (χ2n) is 4.47. The number of rotatable bonds is 3. The summed E-state index contributed by atoms with van der Waals surface area (Å²) in [6, 6.07) is 5.07. The zero-order valence-corrected chi connectivity index (χ0v) is 11.3. The van der Waals surface area contributed by atoms with Crippen LogP contribution in [0.15, 0.2) is 27.6 Å². The van der Waals surface area contributed by atoms with Gasteiger partial charge in [-0.15, -0.1) is 0 Å². The molecular weight excluding hydrogens is 292 g/mol. The van der Waals surface area contributed by atoms with Gasteiger partial charge in [0.25, 0.3) is 0 Å². The molecule has 88 valence electrons. The Morgan fingerprint density at radius 1 is 1.38 bits per heavy atom. The van der Waals surface area contributed by atoms with Gasteiger partial charge in [0.15, 0.2) is 9.84 Å². The summed E-state index contributed by atoms with van der Waals surface area (Å²) >= 11 is 3.29. The lowest BCUT2D eigenvalue weighted by molar-refractivity contribution is 0.151. The summed E-state index contributed by atoms with van der Waals surface area (Å²) in [6.45, 7) is 0. The van der Waals surface area contributed by atoms with Gasteiger partial charge in [0.2, 0.25) is 0 Å². The minimum atomic E-state index is -3.19. The van der Waals surface area contributed by atoms with Gasteiger partial charge >= 0.3 is 0 Å². The molecule has 0 atom stereocenters. The molecule has 1 aromatic carbocycles. The van der Waals surface area contributed by atoms with E-state index >= 15 is 0 Å². The van der Waals surface area contributed by atoms with Gasteiger partial charge in [0, 0.05) is 17.1 Å². The SMILES string of the molecule is CS(=O)(=O)c1cc(Br)cc(CC2(O)CC2)c1. The Morgan fingerprint density at radius 2 is 2.00 bits per heavy atom. The van der Waals surface area contributed by atoms with Crippen molar-refractivity contribution < 1.29 is 13.5 Å². The average Bonchev–Trinajstić information content (AvgIpc) is 2.80. The van der Waals surface area contributed by atoms with Crippen molar-refractivity contribution >= 4 is 25.8 Å². The number of sulfone groups is 1. The fourth-order valence-electron chi connectivity index (χ4n) is 1.64. The number of benzene rings is 1. The molecule has 0 heterocycles. The molecule has 1 N–H and O–H groups in total. The maximum atomic E-state index is 11.4. The fraction of sp³-hybridized carbons (Fsp3) is 0.455. The molecule has 0 radical (unpaired) electrons. The maximum absolute atomic E-state index is 11.4. The lowest BCUT2D eigenvalue weighted by Gasteiger charge is -2.09. The highest BCUT2D eigenvalue weighted by Gasteiger charge is 2.40. The molecule has 1 aromatic rings. The van der Waals surface area contributed by atoms with Crippen molar-refractivity contribution in [2.45, 2.75) is 29.8 Å². The summed E-state index contributed by atoms with van der Waals surface area (Å²) in [6.07, 6.45) is 3.31. The first-order chi connectivity index (χ1) is 7.28. The standard InChI is InChI=1S/C11H13BrO3S/c1-16(14,15)10-5-8(4-9(12)6-10)7-11(13)2-3-11/h4-6,13H,2-3,7H2,1H3. The third-order valence-electron chi connectivity index (χ3n) is 2.72. The Labute approximate surface area is 104 Å². The molecule has 1 saturated carbocycles. The summed E-state index contributed by atoms with van der Waals surface area (Å²) < 4.78 is 23.6. The minimum Gasteiger partial charge on any atom is -0.390 e. The largest absolute Gasteiger partial charge is 0.390 e. The van der Waals surface area contributed by atoms with Crippen LogP contribution in [-0.4, -0.2) is 25.4 Å². The zero-order chi connectivity index (χ0) is 12.0. The first-order valence-corrected chi connectivity index (χ1v) is 7.69. The third kappa shape index (κ3) is 2.84. The molecule has 0 saturated heterocycles. The molecule has 1 aliphatic carbocycles. The van der Waals surface area contributed by atoms with Crippen LogP contribution in [0.3, 0.4) is 0 Å². The Bertz CT molecular complexity index is 518. The van der Waals surface area contributed by atoms with Crippen LogP contribution < -0.4 is 0 Å². The zero-order valence-electron chi connectivity index (χ0n) is 8.90. The molecule has 16 heavy (non-hydrogen) atoms. The summed E-state index contributed by atoms with van der Waals surface area (Å²) in [5.74, 6) is 0. The van der Waals surface area contributed by atoms with Gasteiger partial charge in [-0.3, -0.25) is 0 Å². The van der Waals surface area contributed by atoms with E-state index in [2.05, 4.69) is 15.9 Å². The van der Waals surface area contributed by atoms with Gasteiger partial charge in [0.1, 0.15) is 0 Å². The van der Waals surface area contributed by atoms with Gasteiger partial charge in [0.05, 0.1) is 10.5 Å². The first kappa shape index (κ1) is 12.1. The Kier molecular flexibility index (Phi) is 2.88. The monoisotopic (exact) mass is 304 g/mol. The smallest absolute Gasteiger partial charge is 0.175 e. The van der Waals surface area contributed by atoms with Crippen LogP contribution in [-0.2, 0) is 16.3 Å². The molecule has 0 amide bonds. The number of hydrogen-bond donors (Lipinski definition) is 1. The molecule has 1 fully saturated rings. The Hall–Kier alpha value is -0.390. The second kappa shape index (κ2) is 3.82. The quantitative estimate of drug-likeness (QED) is 0.928. The predicted octanol–water partition coefficient (Wildman–Crippen LogP) is 1.92. The molecule has 2 rings (SSSR count). The van der Waals surface area contributed by atoms with Crippen molar-refractivity contribution in [3.8, 4) is 0 Å². The summed E-state index contributed by atoms with van der Waals surface area (Å²) in [5.41, 5.74) is 0.255. The summed E-state index contributed by atoms with van der Waals surface area (Å²) in [4.78, 5) is 0.293. The lowest BCUT2D eigenvalue weighted by atomic mass is 10.1. The highest BCUT2D eigenvalue weighted by molar-refractivity contribution is 9.10. The number of aliphatic hydroxyl groups is 1. The third-order valence-corrected chi connectivity index (χ3v) is 4.27. The van der Waals surface area contributed by atoms with E-state index in [4.69, 9.17) is 0 Å². The maximum Gasteiger partial charge on any atom is 0.175 e. The van der Waals surface area contributed by atoms with Crippen molar-refractivity contribution in [2.24, 2.45) is 0 Å². The fourth-order valence-corrected chi connectivity index (χ4v) is 3.04. The van der Waals surface area contributed by atoms with Gasteiger partial charge in [-0.2, -0.15) is 0 Å². The molecule has 0 bridgehead atoms. The van der Waals surface area contributed by atoms with E-state index in [0.29, 0.717) is 11.3 Å². The van der Waals surface area contributed by atoms with Crippen LogP contribution in [0.1, 0.15) is 18.4 Å². The van der Waals surface area contributed by atoms with Crippen molar-refractivity contribution in [3.63, 3.8) is 0 Å². The molecule has 0 unspecified atom stereocenters. The minimum absolute atomic E-state index is 0.293. The van der Waals surface area contributed by atoms with E-state index in [1.54, 1.807) is 12.1 Å². The van der Waals surface area contributed by atoms with E-state index in [1.165, 1.54) is 6.26 Å². The van der Waals surface area contributed by atoms with Crippen molar-refractivity contribution in [1.82, 2.24) is 0 Å². The normalized spacial score (nSPS) is 18.4. The van der Waals surface area contributed by atoms with Gasteiger partial charge in [-0.25, -0.2) is 8.42 Å². The molecule has 1 aliphatic rings. The van der Waals surface area contributed by atoms with Crippen LogP contribution >= 0.6 is 15.9 Å². The Balaban J connectivity index is 2.36. The molecule has 0 aliphatic heterocycles. The van der Waals surface area contributed by atoms with Crippen molar-refractivity contribution in [2.75, 3.05) is 6.26 Å². The number of halogens is 1. The second-order valence-corrected chi connectivity index (χ2v) is 7.40. The lowest BCUT2D eigenvalue weighted by Crippen LogP contribution is -2.11. The van der Waals surface area contributed by atoms with Crippen LogP contribution in [0.5, 0.6) is 0 Å². The molecule has 3 nitrogen and oxygen atoms in total. The molecule has 5 heteroatoms. The average molecular weight is 305 g/mol. The van der Waals surface area contributed by atoms with Crippen LogP contribution in [0.25, 0.3) is 0 Å². The highest BCUT2D eigenvalue weighted by atomic mass is 79.9. The molecule has 0 spiro atoms. The Morgan fingerprint density at radius 3 is 2.50 bits per heavy atom. The molecular formula is C11H13BrO3S. The number of hydrogen-bond acceptors (Lipinski definition) is 3. The summed E-state index contributed by atoms with van der Waals surface area (Å²) in [5, 5.41) is 9.80. The van der Waals surface area contributed by atoms with Gasteiger partial charge in [-0.05, 0) is 36.6 Å². The van der Waals surface area contributed by atoms with Crippen LogP contribution in [0, 0.1) is 0 Å². The van der Waals surface area contributed by atoms with Crippen LogP contribution in [0.4, 0.5) is 0 Å². The van der Waals surface area contributed by atoms with E-state index in [1.807, 2.05) is 6.07 Å². The van der Waals surface area contributed by atoms with E-state index < -0.39 is 15.4 Å².